The number of ether oxygens (including phenoxy) is 2. The zero-order chi connectivity index (χ0) is 20.9. The van der Waals surface area contributed by atoms with Crippen LogP contribution in [0.1, 0.15) is 27.5 Å². The third-order valence-corrected chi connectivity index (χ3v) is 5.27. The topological polar surface area (TPSA) is 51.4 Å². The number of benzene rings is 2. The molecule has 0 bridgehead atoms. The van der Waals surface area contributed by atoms with E-state index in [0.29, 0.717) is 41.8 Å². The second kappa shape index (κ2) is 9.05. The number of Topliss-reactive ketones (excluding diaryl/α,β-unsaturated/α-hetero) is 1. The van der Waals surface area contributed by atoms with E-state index >= 15 is 0 Å². The summed E-state index contributed by atoms with van der Waals surface area (Å²) < 4.78 is 13.1. The highest BCUT2D eigenvalue weighted by molar-refractivity contribution is 7.80. The number of nitrogens with zero attached hydrogens (tertiary/aromatic N) is 1. The van der Waals surface area contributed by atoms with Gasteiger partial charge in [0.15, 0.2) is 28.9 Å². The van der Waals surface area contributed by atoms with Crippen LogP contribution >= 0.6 is 12.2 Å². The molecule has 4 rings (SSSR count). The van der Waals surface area contributed by atoms with Crippen molar-refractivity contribution in [3.8, 4) is 11.5 Å². The molecule has 152 valence electrons. The number of ketones is 1. The molecule has 6 heteroatoms. The largest absolute Gasteiger partial charge is 0.486 e. The van der Waals surface area contributed by atoms with Crippen LogP contribution in [0.5, 0.6) is 11.5 Å². The van der Waals surface area contributed by atoms with E-state index in [1.54, 1.807) is 18.2 Å². The molecule has 0 fully saturated rings. The van der Waals surface area contributed by atoms with Gasteiger partial charge < -0.3 is 14.8 Å². The molecule has 3 aromatic rings. The van der Waals surface area contributed by atoms with Crippen molar-refractivity contribution in [3.63, 3.8) is 0 Å². The van der Waals surface area contributed by atoms with Gasteiger partial charge in [-0.2, -0.15) is 4.57 Å². The van der Waals surface area contributed by atoms with Crippen molar-refractivity contribution in [1.29, 1.82) is 0 Å². The fourth-order valence-corrected chi connectivity index (χ4v) is 3.70. The molecule has 1 aliphatic rings. The summed E-state index contributed by atoms with van der Waals surface area (Å²) in [6.45, 7) is 3.52. The number of carbonyl (C=O) groups is 1. The normalized spacial score (nSPS) is 13.4. The Bertz CT molecular complexity index is 1070. The standard InChI is InChI=1S/C24H22N2O3S/c1-17-6-5-11-26(16-17)22(24(30)25-15-18-7-3-2-4-8-18)23(27)19-9-10-20-21(14-19)29-13-12-28-20/h2-11,14,16,22H,12-13,15H2,1H3/p+1/t22-/m0/s1. The van der Waals surface area contributed by atoms with Crippen molar-refractivity contribution in [2.24, 2.45) is 0 Å². The fourth-order valence-electron chi connectivity index (χ4n) is 3.40. The summed E-state index contributed by atoms with van der Waals surface area (Å²) >= 11 is 5.69. The number of rotatable bonds is 6. The van der Waals surface area contributed by atoms with E-state index in [1.165, 1.54) is 0 Å². The Kier molecular flexibility index (Phi) is 6.05. The fraction of sp³-hybridized carbons (Fsp3) is 0.208. The Labute approximate surface area is 181 Å². The van der Waals surface area contributed by atoms with E-state index in [-0.39, 0.29) is 5.78 Å². The molecular weight excluding hydrogens is 396 g/mol. The predicted octanol–water partition coefficient (Wildman–Crippen LogP) is 3.59. The number of fused-ring (bicyclic) bond motifs is 1. The maximum Gasteiger partial charge on any atom is 0.270 e. The van der Waals surface area contributed by atoms with Gasteiger partial charge in [0, 0.05) is 23.7 Å². The Morgan fingerprint density at radius 3 is 2.60 bits per heavy atom. The lowest BCUT2D eigenvalue weighted by Crippen LogP contribution is -2.51. The minimum atomic E-state index is -0.661. The third kappa shape index (κ3) is 4.49. The number of hydrogen-bond donors (Lipinski definition) is 1. The molecule has 0 spiro atoms. The van der Waals surface area contributed by atoms with Gasteiger partial charge in [-0.3, -0.25) is 4.79 Å². The van der Waals surface area contributed by atoms with Gasteiger partial charge >= 0.3 is 0 Å². The first-order chi connectivity index (χ1) is 14.6. The van der Waals surface area contributed by atoms with E-state index < -0.39 is 6.04 Å². The van der Waals surface area contributed by atoms with Crippen LogP contribution in [-0.4, -0.2) is 24.0 Å². The SMILES string of the molecule is Cc1ccc[n+]([C@@H](C(=O)c2ccc3c(c2)OCCO3)C(=S)NCc2ccccc2)c1. The molecule has 1 atom stereocenters. The van der Waals surface area contributed by atoms with Gasteiger partial charge in [0.2, 0.25) is 5.78 Å². The molecular formula is C24H23N2O3S+. The summed E-state index contributed by atoms with van der Waals surface area (Å²) in [6.07, 6.45) is 3.79. The van der Waals surface area contributed by atoms with Gasteiger partial charge in [0.05, 0.1) is 0 Å². The molecule has 0 amide bonds. The van der Waals surface area contributed by atoms with Crippen LogP contribution in [0.25, 0.3) is 0 Å². The maximum atomic E-state index is 13.6. The van der Waals surface area contributed by atoms with Crippen LogP contribution in [0.2, 0.25) is 0 Å². The monoisotopic (exact) mass is 419 g/mol. The Morgan fingerprint density at radius 2 is 1.83 bits per heavy atom. The quantitative estimate of drug-likeness (QED) is 0.376. The highest BCUT2D eigenvalue weighted by Crippen LogP contribution is 2.31. The second-order valence-electron chi connectivity index (χ2n) is 7.16. The van der Waals surface area contributed by atoms with Crippen molar-refractivity contribution in [2.75, 3.05) is 13.2 Å². The Balaban J connectivity index is 1.63. The summed E-state index contributed by atoms with van der Waals surface area (Å²) in [5.74, 6) is 1.14. The molecule has 0 saturated carbocycles. The van der Waals surface area contributed by atoms with Crippen molar-refractivity contribution in [1.82, 2.24) is 5.32 Å². The van der Waals surface area contributed by atoms with Gasteiger partial charge in [-0.25, -0.2) is 0 Å². The van der Waals surface area contributed by atoms with Gasteiger partial charge in [0.25, 0.3) is 6.04 Å². The van der Waals surface area contributed by atoms with E-state index in [2.05, 4.69) is 5.32 Å². The molecule has 2 heterocycles. The van der Waals surface area contributed by atoms with Crippen molar-refractivity contribution in [2.45, 2.75) is 19.5 Å². The van der Waals surface area contributed by atoms with Crippen molar-refractivity contribution < 1.29 is 18.8 Å². The lowest BCUT2D eigenvalue weighted by molar-refractivity contribution is -0.692. The first-order valence-corrected chi connectivity index (χ1v) is 10.3. The van der Waals surface area contributed by atoms with Gasteiger partial charge in [-0.05, 0) is 36.8 Å². The van der Waals surface area contributed by atoms with E-state index in [4.69, 9.17) is 21.7 Å². The summed E-state index contributed by atoms with van der Waals surface area (Å²) in [5, 5.41) is 3.26. The summed E-state index contributed by atoms with van der Waals surface area (Å²) in [6, 6.07) is 18.5. The summed E-state index contributed by atoms with van der Waals surface area (Å²) in [4.78, 5) is 14.0. The summed E-state index contributed by atoms with van der Waals surface area (Å²) in [5.41, 5.74) is 2.67. The van der Waals surface area contributed by atoms with Crippen LogP contribution in [-0.2, 0) is 6.54 Å². The molecule has 0 aliphatic carbocycles. The molecule has 2 aromatic carbocycles. The Morgan fingerprint density at radius 1 is 1.07 bits per heavy atom. The number of nitrogens with one attached hydrogen (secondary N) is 1. The van der Waals surface area contributed by atoms with Gasteiger partial charge in [0.1, 0.15) is 13.2 Å². The van der Waals surface area contributed by atoms with E-state index in [0.717, 1.165) is 11.1 Å². The van der Waals surface area contributed by atoms with Crippen molar-refractivity contribution >= 4 is 23.0 Å². The van der Waals surface area contributed by atoms with Crippen LogP contribution < -0.4 is 19.4 Å². The number of hydrogen-bond acceptors (Lipinski definition) is 4. The number of pyridine rings is 1. The minimum Gasteiger partial charge on any atom is -0.486 e. The lowest BCUT2D eigenvalue weighted by atomic mass is 10.0. The number of aromatic nitrogens is 1. The number of carbonyl (C=O) groups excluding carboxylic acids is 1. The first kappa shape index (κ1) is 20.0. The van der Waals surface area contributed by atoms with Crippen LogP contribution in [0.3, 0.4) is 0 Å². The number of thiocarbonyl (C=S) groups is 1. The van der Waals surface area contributed by atoms with E-state index in [1.807, 2.05) is 66.3 Å². The minimum absolute atomic E-state index is 0.104. The highest BCUT2D eigenvalue weighted by atomic mass is 32.1. The van der Waals surface area contributed by atoms with Crippen molar-refractivity contribution in [3.05, 3.63) is 89.7 Å². The molecule has 1 N–H and O–H groups in total. The summed E-state index contributed by atoms with van der Waals surface area (Å²) in [7, 11) is 0. The molecule has 0 saturated heterocycles. The molecule has 0 unspecified atom stereocenters. The third-order valence-electron chi connectivity index (χ3n) is 4.90. The average molecular weight is 420 g/mol. The molecule has 1 aliphatic heterocycles. The molecule has 30 heavy (non-hydrogen) atoms. The maximum absolute atomic E-state index is 13.6. The van der Waals surface area contributed by atoms with Crippen LogP contribution in [0.4, 0.5) is 0 Å². The predicted molar refractivity (Wildman–Crippen MR) is 118 cm³/mol. The van der Waals surface area contributed by atoms with E-state index in [9.17, 15) is 4.79 Å². The van der Waals surface area contributed by atoms with Gasteiger partial charge in [-0.1, -0.05) is 42.5 Å². The van der Waals surface area contributed by atoms with Gasteiger partial charge in [-0.15, -0.1) is 0 Å². The molecule has 1 aromatic heterocycles. The molecule has 5 nitrogen and oxygen atoms in total. The first-order valence-electron chi connectivity index (χ1n) is 9.85. The zero-order valence-corrected chi connectivity index (χ0v) is 17.5. The Hall–Kier alpha value is -3.25. The highest BCUT2D eigenvalue weighted by Gasteiger charge is 2.34. The smallest absolute Gasteiger partial charge is 0.270 e. The average Bonchev–Trinajstić information content (AvgIpc) is 2.78. The zero-order valence-electron chi connectivity index (χ0n) is 16.7. The second-order valence-corrected chi connectivity index (χ2v) is 7.60. The molecule has 0 radical (unpaired) electrons. The lowest BCUT2D eigenvalue weighted by Gasteiger charge is -2.19. The number of aryl methyl sites for hydroxylation is 1. The van der Waals surface area contributed by atoms with Crippen LogP contribution in [0, 0.1) is 6.92 Å². The van der Waals surface area contributed by atoms with Crippen LogP contribution in [0.15, 0.2) is 73.1 Å².